The smallest absolute Gasteiger partial charge is 0.302 e. The molecule has 0 amide bonds. The van der Waals surface area contributed by atoms with Crippen molar-refractivity contribution in [3.8, 4) is 0 Å². The van der Waals surface area contributed by atoms with Crippen molar-refractivity contribution in [2.24, 2.45) is 0 Å². The number of allylic oxidation sites excluding steroid dienone is 5. The molecule has 0 spiro atoms. The van der Waals surface area contributed by atoms with E-state index in [2.05, 4.69) is 41.8 Å². The highest BCUT2D eigenvalue weighted by molar-refractivity contribution is 7.60. The van der Waals surface area contributed by atoms with Crippen molar-refractivity contribution in [2.45, 2.75) is 66.2 Å². The van der Waals surface area contributed by atoms with Gasteiger partial charge in [-0.3, -0.25) is 4.52 Å². The summed E-state index contributed by atoms with van der Waals surface area (Å²) < 4.78 is 30.3. The topological polar surface area (TPSA) is 113 Å². The van der Waals surface area contributed by atoms with E-state index < -0.39 is 15.6 Å². The lowest BCUT2D eigenvalue weighted by molar-refractivity contribution is 0.191. The van der Waals surface area contributed by atoms with Crippen LogP contribution in [0, 0.1) is 0 Å². The fourth-order valence-electron chi connectivity index (χ4n) is 2.25. The van der Waals surface area contributed by atoms with Crippen molar-refractivity contribution in [2.75, 3.05) is 6.61 Å². The second-order valence-corrected chi connectivity index (χ2v) is 9.19. The minimum atomic E-state index is -5.08. The van der Waals surface area contributed by atoms with Crippen LogP contribution in [-0.2, 0) is 18.0 Å². The van der Waals surface area contributed by atoms with Crippen LogP contribution in [0.25, 0.3) is 0 Å². The molecule has 3 N–H and O–H groups in total. The first-order chi connectivity index (χ1) is 11.9. The highest BCUT2D eigenvalue weighted by Gasteiger charge is 2.31. The Morgan fingerprint density at radius 2 is 1.54 bits per heavy atom. The standard InChI is InChI=1S/C17H32O7P2/c1-5-8-17(12-7-11-16(4)10-6-9-15(2)3)13-14-23-26(21,22)24-25(18,19)20/h9,11,13H,5-8,10,12,14H2,1-4H3,(H,21,22)(H2,18,19,20)/b16-11+,17-13+. The summed E-state index contributed by atoms with van der Waals surface area (Å²) in [7, 11) is -9.86. The maximum Gasteiger partial charge on any atom is 0.481 e. The van der Waals surface area contributed by atoms with Gasteiger partial charge in [0.1, 0.15) is 0 Å². The molecule has 7 nitrogen and oxygen atoms in total. The van der Waals surface area contributed by atoms with E-state index in [1.165, 1.54) is 11.1 Å². The average Bonchev–Trinajstić information content (AvgIpc) is 2.44. The molecule has 26 heavy (non-hydrogen) atoms. The number of hydrogen-bond donors (Lipinski definition) is 3. The number of hydrogen-bond acceptors (Lipinski definition) is 4. The lowest BCUT2D eigenvalue weighted by Gasteiger charge is -2.12. The molecule has 0 aromatic heterocycles. The molecule has 1 unspecified atom stereocenters. The normalized spacial score (nSPS) is 15.7. The van der Waals surface area contributed by atoms with Crippen molar-refractivity contribution in [3.63, 3.8) is 0 Å². The number of phosphoric acid groups is 2. The predicted molar refractivity (Wildman–Crippen MR) is 104 cm³/mol. The summed E-state index contributed by atoms with van der Waals surface area (Å²) in [5, 5.41) is 0. The maximum absolute atomic E-state index is 11.4. The first-order valence-electron chi connectivity index (χ1n) is 8.66. The maximum atomic E-state index is 11.4. The molecule has 0 aromatic carbocycles. The molecule has 0 radical (unpaired) electrons. The first-order valence-corrected chi connectivity index (χ1v) is 11.7. The van der Waals surface area contributed by atoms with Crippen molar-refractivity contribution < 1.29 is 32.6 Å². The van der Waals surface area contributed by atoms with Crippen molar-refractivity contribution in [3.05, 3.63) is 34.9 Å². The molecule has 0 aliphatic heterocycles. The van der Waals surface area contributed by atoms with Gasteiger partial charge in [-0.1, -0.05) is 48.3 Å². The van der Waals surface area contributed by atoms with Gasteiger partial charge < -0.3 is 14.7 Å². The molecule has 9 heteroatoms. The third kappa shape index (κ3) is 15.7. The van der Waals surface area contributed by atoms with Crippen molar-refractivity contribution >= 4 is 15.6 Å². The van der Waals surface area contributed by atoms with Crippen LogP contribution in [-0.4, -0.2) is 21.3 Å². The molecular formula is C17H32O7P2. The molecule has 0 saturated carbocycles. The second kappa shape index (κ2) is 12.8. The summed E-state index contributed by atoms with van der Waals surface area (Å²) in [6, 6.07) is 0. The highest BCUT2D eigenvalue weighted by Crippen LogP contribution is 2.57. The van der Waals surface area contributed by atoms with Crippen LogP contribution >= 0.6 is 15.6 Å². The Morgan fingerprint density at radius 1 is 0.923 bits per heavy atom. The van der Waals surface area contributed by atoms with E-state index in [1.54, 1.807) is 6.08 Å². The van der Waals surface area contributed by atoms with E-state index in [1.807, 2.05) is 6.92 Å². The van der Waals surface area contributed by atoms with Crippen LogP contribution in [0.2, 0.25) is 0 Å². The number of phosphoric ester groups is 1. The summed E-state index contributed by atoms with van der Waals surface area (Å²) in [6.45, 7) is 8.06. The van der Waals surface area contributed by atoms with Crippen LogP contribution < -0.4 is 0 Å². The van der Waals surface area contributed by atoms with Crippen LogP contribution in [0.5, 0.6) is 0 Å². The molecular weight excluding hydrogens is 378 g/mol. The molecule has 152 valence electrons. The first kappa shape index (κ1) is 25.5. The van der Waals surface area contributed by atoms with Crippen molar-refractivity contribution in [1.29, 1.82) is 0 Å². The van der Waals surface area contributed by atoms with Gasteiger partial charge in [-0.05, 0) is 52.9 Å². The molecule has 0 rings (SSSR count). The molecule has 1 atom stereocenters. The highest BCUT2D eigenvalue weighted by atomic mass is 31.3. The quantitative estimate of drug-likeness (QED) is 0.275. The molecule has 0 aromatic rings. The fourth-order valence-corrected chi connectivity index (χ4v) is 3.78. The lowest BCUT2D eigenvalue weighted by atomic mass is 10.0. The fraction of sp³-hybridized carbons (Fsp3) is 0.647. The van der Waals surface area contributed by atoms with Gasteiger partial charge in [0.15, 0.2) is 0 Å². The van der Waals surface area contributed by atoms with E-state index in [0.29, 0.717) is 0 Å². The summed E-state index contributed by atoms with van der Waals surface area (Å²) in [4.78, 5) is 26.4. The minimum absolute atomic E-state index is 0.244. The monoisotopic (exact) mass is 410 g/mol. The summed E-state index contributed by atoms with van der Waals surface area (Å²) >= 11 is 0. The SMILES string of the molecule is CCC/C(=C\COP(=O)(O)OP(=O)(O)O)CC/C=C(\C)CCC=C(C)C. The van der Waals surface area contributed by atoms with Crippen LogP contribution in [0.15, 0.2) is 34.9 Å². The van der Waals surface area contributed by atoms with Gasteiger partial charge in [0.05, 0.1) is 6.61 Å². The Balaban J connectivity index is 4.50. The Labute approximate surface area is 156 Å². The second-order valence-electron chi connectivity index (χ2n) is 6.36. The van der Waals surface area contributed by atoms with E-state index in [9.17, 15) is 14.0 Å². The van der Waals surface area contributed by atoms with E-state index in [4.69, 9.17) is 9.79 Å². The summed E-state index contributed by atoms with van der Waals surface area (Å²) in [6.07, 6.45) is 11.5. The summed E-state index contributed by atoms with van der Waals surface area (Å²) in [5.74, 6) is 0. The van der Waals surface area contributed by atoms with Gasteiger partial charge in [-0.2, -0.15) is 4.31 Å². The Kier molecular flexibility index (Phi) is 12.5. The minimum Gasteiger partial charge on any atom is -0.302 e. The van der Waals surface area contributed by atoms with E-state index in [-0.39, 0.29) is 6.61 Å². The zero-order valence-corrected chi connectivity index (χ0v) is 17.8. The van der Waals surface area contributed by atoms with E-state index in [0.717, 1.165) is 44.1 Å². The molecule has 0 saturated heterocycles. The zero-order chi connectivity index (χ0) is 20.2. The van der Waals surface area contributed by atoms with Gasteiger partial charge in [-0.15, -0.1) is 0 Å². The molecule has 0 heterocycles. The van der Waals surface area contributed by atoms with Gasteiger partial charge >= 0.3 is 15.6 Å². The summed E-state index contributed by atoms with van der Waals surface area (Å²) in [5.41, 5.74) is 3.70. The third-order valence-electron chi connectivity index (χ3n) is 3.44. The van der Waals surface area contributed by atoms with Gasteiger partial charge in [0, 0.05) is 0 Å². The zero-order valence-electron chi connectivity index (χ0n) is 16.1. The molecule has 0 aliphatic carbocycles. The van der Waals surface area contributed by atoms with E-state index >= 15 is 0 Å². The largest absolute Gasteiger partial charge is 0.481 e. The lowest BCUT2D eigenvalue weighted by Crippen LogP contribution is -1.95. The molecule has 0 bridgehead atoms. The Morgan fingerprint density at radius 3 is 2.08 bits per heavy atom. The average molecular weight is 410 g/mol. The Hall–Kier alpha value is -0.520. The van der Waals surface area contributed by atoms with Gasteiger partial charge in [0.25, 0.3) is 0 Å². The van der Waals surface area contributed by atoms with Crippen LogP contribution in [0.4, 0.5) is 0 Å². The molecule has 0 fully saturated rings. The van der Waals surface area contributed by atoms with Crippen LogP contribution in [0.1, 0.15) is 66.2 Å². The van der Waals surface area contributed by atoms with Gasteiger partial charge in [0.2, 0.25) is 0 Å². The van der Waals surface area contributed by atoms with Crippen molar-refractivity contribution in [1.82, 2.24) is 0 Å². The van der Waals surface area contributed by atoms with Crippen LogP contribution in [0.3, 0.4) is 0 Å². The Bertz CT molecular complexity index is 598. The van der Waals surface area contributed by atoms with Gasteiger partial charge in [-0.25, -0.2) is 9.13 Å². The number of rotatable bonds is 13. The predicted octanol–water partition coefficient (Wildman–Crippen LogP) is 5.41. The third-order valence-corrected chi connectivity index (χ3v) is 5.59. The molecule has 0 aliphatic rings.